The van der Waals surface area contributed by atoms with Crippen molar-refractivity contribution in [1.82, 2.24) is 9.55 Å². The summed E-state index contributed by atoms with van der Waals surface area (Å²) in [5.41, 5.74) is 3.22. The quantitative estimate of drug-likeness (QED) is 0.241. The summed E-state index contributed by atoms with van der Waals surface area (Å²) < 4.78 is 14.9. The Bertz CT molecular complexity index is 1460. The van der Waals surface area contributed by atoms with Gasteiger partial charge in [-0.15, -0.1) is 0 Å². The molecule has 0 bridgehead atoms. The second-order valence-electron chi connectivity index (χ2n) is 12.6. The Hall–Kier alpha value is -2.58. The molecule has 8 heteroatoms. The number of para-hydroxylation sites is 1. The van der Waals surface area contributed by atoms with E-state index in [1.807, 2.05) is 37.3 Å². The van der Waals surface area contributed by atoms with Gasteiger partial charge in [-0.3, -0.25) is 4.79 Å². The van der Waals surface area contributed by atoms with Crippen molar-refractivity contribution in [3.63, 3.8) is 0 Å². The first kappa shape index (κ1) is 27.5. The molecule has 0 N–H and O–H groups in total. The van der Waals surface area contributed by atoms with Crippen molar-refractivity contribution in [2.24, 2.45) is 0 Å². The minimum Gasteiger partial charge on any atom is -0.412 e. The van der Waals surface area contributed by atoms with Crippen molar-refractivity contribution >= 4 is 27.5 Å². The fourth-order valence-corrected chi connectivity index (χ4v) is 6.97. The third-order valence-electron chi connectivity index (χ3n) is 7.75. The summed E-state index contributed by atoms with van der Waals surface area (Å²) in [6.45, 7) is 19.7. The third kappa shape index (κ3) is 4.98. The SMILES string of the molecule is CC[C@@](C#N)(O[Si](C)(C)C)c1cc2n(c(=O)c1CO[Si](C)(C)C(C)(C)C)Cc1cc3ccccc3nc1-2. The van der Waals surface area contributed by atoms with E-state index in [4.69, 9.17) is 13.8 Å². The Labute approximate surface area is 222 Å². The lowest BCUT2D eigenvalue weighted by molar-refractivity contribution is 0.111. The molecular weight excluding hydrogens is 495 g/mol. The minimum atomic E-state index is -2.16. The number of fused-ring (bicyclic) bond motifs is 4. The third-order valence-corrected chi connectivity index (χ3v) is 13.2. The molecule has 0 saturated carbocycles. The highest BCUT2D eigenvalue weighted by Crippen LogP contribution is 2.41. The number of benzene rings is 1. The number of rotatable bonds is 7. The molecule has 0 aliphatic carbocycles. The Morgan fingerprint density at radius 3 is 2.38 bits per heavy atom. The molecule has 0 unspecified atom stereocenters. The molecule has 0 fully saturated rings. The normalized spacial score (nSPS) is 15.2. The van der Waals surface area contributed by atoms with Gasteiger partial charge in [-0.05, 0) is 62.4 Å². The van der Waals surface area contributed by atoms with Gasteiger partial charge in [0.05, 0.1) is 30.1 Å². The molecule has 3 heterocycles. The van der Waals surface area contributed by atoms with E-state index < -0.39 is 22.2 Å². The second kappa shape index (κ2) is 9.31. The predicted molar refractivity (Wildman–Crippen MR) is 155 cm³/mol. The van der Waals surface area contributed by atoms with Crippen LogP contribution in [-0.4, -0.2) is 26.2 Å². The number of nitrogens with zero attached hydrogens (tertiary/aromatic N) is 3. The van der Waals surface area contributed by atoms with Crippen LogP contribution in [0.1, 0.15) is 50.8 Å². The van der Waals surface area contributed by atoms with Gasteiger partial charge in [0.15, 0.2) is 22.2 Å². The molecule has 196 valence electrons. The van der Waals surface area contributed by atoms with Crippen LogP contribution in [-0.2, 0) is 27.6 Å². The van der Waals surface area contributed by atoms with Crippen molar-refractivity contribution < 1.29 is 8.85 Å². The molecule has 3 aromatic rings. The van der Waals surface area contributed by atoms with Gasteiger partial charge in [0, 0.05) is 22.1 Å². The Kier molecular flexibility index (Phi) is 6.91. The van der Waals surface area contributed by atoms with E-state index in [1.165, 1.54) is 0 Å². The summed E-state index contributed by atoms with van der Waals surface area (Å²) in [6, 6.07) is 14.6. The highest BCUT2D eigenvalue weighted by atomic mass is 28.4. The zero-order chi connectivity index (χ0) is 27.4. The van der Waals surface area contributed by atoms with E-state index in [0.717, 1.165) is 27.9 Å². The van der Waals surface area contributed by atoms with Crippen LogP contribution in [0.5, 0.6) is 0 Å². The summed E-state index contributed by atoms with van der Waals surface area (Å²) in [4.78, 5) is 19.1. The second-order valence-corrected chi connectivity index (χ2v) is 21.8. The van der Waals surface area contributed by atoms with Crippen LogP contribution in [0.2, 0.25) is 37.8 Å². The van der Waals surface area contributed by atoms with Gasteiger partial charge < -0.3 is 13.4 Å². The van der Waals surface area contributed by atoms with Gasteiger partial charge >= 0.3 is 0 Å². The van der Waals surface area contributed by atoms with Crippen LogP contribution in [0.15, 0.2) is 41.2 Å². The Balaban J connectivity index is 1.96. The average Bonchev–Trinajstić information content (AvgIpc) is 3.17. The van der Waals surface area contributed by atoms with Crippen LogP contribution >= 0.6 is 0 Å². The summed E-state index contributed by atoms with van der Waals surface area (Å²) in [5.74, 6) is 0. The lowest BCUT2D eigenvalue weighted by atomic mass is 9.89. The molecule has 4 rings (SSSR count). The molecule has 0 saturated heterocycles. The Morgan fingerprint density at radius 1 is 1.11 bits per heavy atom. The van der Waals surface area contributed by atoms with Crippen molar-refractivity contribution in [2.75, 3.05) is 0 Å². The molecule has 0 radical (unpaired) electrons. The van der Waals surface area contributed by atoms with Gasteiger partial charge in [-0.2, -0.15) is 5.26 Å². The van der Waals surface area contributed by atoms with Crippen molar-refractivity contribution in [2.45, 2.75) is 90.6 Å². The predicted octanol–water partition coefficient (Wildman–Crippen LogP) is 6.93. The van der Waals surface area contributed by atoms with E-state index in [-0.39, 0.29) is 17.2 Å². The Morgan fingerprint density at radius 2 is 1.78 bits per heavy atom. The maximum absolute atomic E-state index is 14.2. The van der Waals surface area contributed by atoms with Gasteiger partial charge in [0.25, 0.3) is 5.56 Å². The van der Waals surface area contributed by atoms with E-state index >= 15 is 0 Å². The van der Waals surface area contributed by atoms with Crippen LogP contribution < -0.4 is 5.56 Å². The van der Waals surface area contributed by atoms with Crippen LogP contribution in [0.4, 0.5) is 0 Å². The number of pyridine rings is 2. The molecule has 1 aliphatic rings. The molecule has 37 heavy (non-hydrogen) atoms. The fourth-order valence-electron chi connectivity index (χ4n) is 4.69. The molecule has 0 amide bonds. The highest BCUT2D eigenvalue weighted by Gasteiger charge is 2.42. The van der Waals surface area contributed by atoms with Crippen molar-refractivity contribution in [1.29, 1.82) is 5.26 Å². The summed E-state index contributed by atoms with van der Waals surface area (Å²) >= 11 is 0. The average molecular weight is 534 g/mol. The lowest BCUT2D eigenvalue weighted by Crippen LogP contribution is -2.44. The van der Waals surface area contributed by atoms with Crippen LogP contribution in [0.3, 0.4) is 0 Å². The van der Waals surface area contributed by atoms with Gasteiger partial charge in [0.2, 0.25) is 0 Å². The van der Waals surface area contributed by atoms with Crippen LogP contribution in [0.25, 0.3) is 22.3 Å². The zero-order valence-electron chi connectivity index (χ0n) is 23.7. The van der Waals surface area contributed by atoms with Gasteiger partial charge in [-0.25, -0.2) is 4.98 Å². The summed E-state index contributed by atoms with van der Waals surface area (Å²) in [5, 5.41) is 11.6. The first-order valence-corrected chi connectivity index (χ1v) is 19.4. The topological polar surface area (TPSA) is 77.1 Å². The standard InChI is InChI=1S/C29H39N3O3Si2/c1-10-29(19-30,35-36(5,6)7)23-16-25-26-21(15-20-13-11-12-14-24(20)31-26)17-32(25)27(33)22(23)18-34-37(8,9)28(2,3)4/h11-16H,10,17-18H2,1-9H3/t29-/m0/s1. The van der Waals surface area contributed by atoms with E-state index in [1.54, 1.807) is 4.57 Å². The summed E-state index contributed by atoms with van der Waals surface area (Å²) in [6.07, 6.45) is 0.432. The minimum absolute atomic E-state index is 0.00770. The maximum Gasteiger partial charge on any atom is 0.257 e. The smallest absolute Gasteiger partial charge is 0.257 e. The van der Waals surface area contributed by atoms with E-state index in [0.29, 0.717) is 24.1 Å². The van der Waals surface area contributed by atoms with Crippen molar-refractivity contribution in [3.8, 4) is 17.5 Å². The number of hydrogen-bond donors (Lipinski definition) is 0. The molecular formula is C29H39N3O3Si2. The number of aromatic nitrogens is 2. The molecule has 1 atom stereocenters. The molecule has 6 nitrogen and oxygen atoms in total. The van der Waals surface area contributed by atoms with Gasteiger partial charge in [0.1, 0.15) is 6.07 Å². The van der Waals surface area contributed by atoms with Crippen LogP contribution in [0, 0.1) is 11.3 Å². The van der Waals surface area contributed by atoms with E-state index in [2.05, 4.69) is 65.6 Å². The number of hydrogen-bond acceptors (Lipinski definition) is 5. The zero-order valence-corrected chi connectivity index (χ0v) is 25.7. The maximum atomic E-state index is 14.2. The fraction of sp³-hybridized carbons (Fsp3) is 0.483. The molecule has 2 aromatic heterocycles. The first-order valence-electron chi connectivity index (χ1n) is 13.0. The molecule has 0 spiro atoms. The van der Waals surface area contributed by atoms with E-state index in [9.17, 15) is 10.1 Å². The largest absolute Gasteiger partial charge is 0.412 e. The molecule has 1 aliphatic heterocycles. The highest BCUT2D eigenvalue weighted by molar-refractivity contribution is 6.74. The van der Waals surface area contributed by atoms with Gasteiger partial charge in [-0.1, -0.05) is 45.9 Å². The van der Waals surface area contributed by atoms with Crippen molar-refractivity contribution in [3.05, 3.63) is 63.4 Å². The first-order chi connectivity index (χ1) is 17.1. The summed E-state index contributed by atoms with van der Waals surface area (Å²) in [7, 11) is -4.32. The monoisotopic (exact) mass is 533 g/mol. The number of nitriles is 1. The lowest BCUT2D eigenvalue weighted by Gasteiger charge is -2.38. The molecule has 1 aromatic carbocycles.